The Labute approximate surface area is 174 Å². The lowest BCUT2D eigenvalue weighted by Gasteiger charge is -2.08. The molecular weight excluding hydrogens is 388 g/mol. The number of amides is 2. The summed E-state index contributed by atoms with van der Waals surface area (Å²) in [7, 11) is 0. The van der Waals surface area contributed by atoms with Crippen LogP contribution < -0.4 is 10.6 Å². The quantitative estimate of drug-likeness (QED) is 0.531. The summed E-state index contributed by atoms with van der Waals surface area (Å²) in [6.45, 7) is 1.70. The maximum absolute atomic E-state index is 12.0. The molecular formula is C22H23ClN4O2. The normalized spacial score (nSPS) is 10.5. The van der Waals surface area contributed by atoms with E-state index in [2.05, 4.69) is 15.6 Å². The van der Waals surface area contributed by atoms with Crippen LogP contribution in [0.15, 0.2) is 67.3 Å². The average molecular weight is 411 g/mol. The lowest BCUT2D eigenvalue weighted by Crippen LogP contribution is -2.27. The van der Waals surface area contributed by atoms with Crippen LogP contribution in [-0.2, 0) is 17.9 Å². The lowest BCUT2D eigenvalue weighted by molar-refractivity contribution is -0.121. The van der Waals surface area contributed by atoms with E-state index >= 15 is 0 Å². The van der Waals surface area contributed by atoms with Gasteiger partial charge in [-0.3, -0.25) is 9.59 Å². The number of nitrogens with zero attached hydrogens (tertiary/aromatic N) is 2. The number of nitrogens with one attached hydrogen (secondary N) is 2. The summed E-state index contributed by atoms with van der Waals surface area (Å²) in [5.74, 6) is -0.203. The summed E-state index contributed by atoms with van der Waals surface area (Å²) in [5.41, 5.74) is 2.77. The Bertz CT molecular complexity index is 922. The van der Waals surface area contributed by atoms with Gasteiger partial charge in [-0.2, -0.15) is 0 Å². The second-order valence-corrected chi connectivity index (χ2v) is 7.13. The number of rotatable bonds is 9. The van der Waals surface area contributed by atoms with Gasteiger partial charge in [-0.1, -0.05) is 35.9 Å². The molecule has 0 unspecified atom stereocenters. The monoisotopic (exact) mass is 410 g/mol. The summed E-state index contributed by atoms with van der Waals surface area (Å²) < 4.78 is 2.00. The van der Waals surface area contributed by atoms with Crippen LogP contribution in [0.1, 0.15) is 34.3 Å². The molecule has 1 heterocycles. The number of hydrogen-bond acceptors (Lipinski definition) is 3. The van der Waals surface area contributed by atoms with Crippen molar-refractivity contribution in [1.29, 1.82) is 0 Å². The van der Waals surface area contributed by atoms with Crippen LogP contribution in [0, 0.1) is 0 Å². The topological polar surface area (TPSA) is 76.0 Å². The first-order valence-corrected chi connectivity index (χ1v) is 9.82. The van der Waals surface area contributed by atoms with E-state index in [1.807, 2.05) is 35.0 Å². The van der Waals surface area contributed by atoms with E-state index in [1.165, 1.54) is 5.56 Å². The van der Waals surface area contributed by atoms with E-state index in [0.717, 1.165) is 12.1 Å². The summed E-state index contributed by atoms with van der Waals surface area (Å²) >= 11 is 5.81. The van der Waals surface area contributed by atoms with E-state index in [1.54, 1.807) is 36.8 Å². The van der Waals surface area contributed by atoms with Crippen molar-refractivity contribution < 1.29 is 9.59 Å². The Balaban J connectivity index is 1.32. The Hall–Kier alpha value is -3.12. The zero-order valence-corrected chi connectivity index (χ0v) is 16.7. The minimum Gasteiger partial charge on any atom is -0.352 e. The van der Waals surface area contributed by atoms with Gasteiger partial charge >= 0.3 is 0 Å². The summed E-state index contributed by atoms with van der Waals surface area (Å²) in [4.78, 5) is 28.0. The van der Waals surface area contributed by atoms with E-state index in [0.29, 0.717) is 36.5 Å². The van der Waals surface area contributed by atoms with Crippen LogP contribution in [-0.4, -0.2) is 27.9 Å². The molecule has 1 aromatic heterocycles. The van der Waals surface area contributed by atoms with Crippen LogP contribution >= 0.6 is 11.6 Å². The third kappa shape index (κ3) is 6.76. The third-order valence-corrected chi connectivity index (χ3v) is 4.66. The molecule has 7 heteroatoms. The minimum atomic E-state index is -0.169. The molecule has 2 aromatic carbocycles. The molecule has 0 atom stereocenters. The lowest BCUT2D eigenvalue weighted by atomic mass is 10.1. The number of halogens is 1. The van der Waals surface area contributed by atoms with Crippen molar-refractivity contribution in [2.45, 2.75) is 25.9 Å². The van der Waals surface area contributed by atoms with Crippen molar-refractivity contribution in [2.24, 2.45) is 0 Å². The number of carbonyl (C=O) groups is 2. The highest BCUT2D eigenvalue weighted by Crippen LogP contribution is 2.09. The summed E-state index contributed by atoms with van der Waals surface area (Å²) in [5, 5.41) is 6.30. The number of imidazole rings is 1. The van der Waals surface area contributed by atoms with Crippen molar-refractivity contribution in [1.82, 2.24) is 20.2 Å². The zero-order valence-electron chi connectivity index (χ0n) is 16.0. The fourth-order valence-corrected chi connectivity index (χ4v) is 2.92. The van der Waals surface area contributed by atoms with Gasteiger partial charge in [0.05, 0.1) is 6.33 Å². The molecule has 0 saturated carbocycles. The van der Waals surface area contributed by atoms with E-state index in [9.17, 15) is 9.59 Å². The molecule has 0 fully saturated rings. The molecule has 150 valence electrons. The molecule has 2 N–H and O–H groups in total. The number of hydrogen-bond donors (Lipinski definition) is 2. The SMILES string of the molecule is O=C(CCCNC(=O)c1ccc(Cl)cc1)NCc1ccc(Cn2ccnc2)cc1. The fraction of sp³-hybridized carbons (Fsp3) is 0.227. The zero-order chi connectivity index (χ0) is 20.5. The summed E-state index contributed by atoms with van der Waals surface area (Å²) in [6.07, 6.45) is 6.40. The highest BCUT2D eigenvalue weighted by Gasteiger charge is 2.06. The molecule has 0 aliphatic rings. The maximum Gasteiger partial charge on any atom is 0.251 e. The van der Waals surface area contributed by atoms with Crippen LogP contribution in [0.5, 0.6) is 0 Å². The van der Waals surface area contributed by atoms with E-state index < -0.39 is 0 Å². The predicted octanol–water partition coefficient (Wildman–Crippen LogP) is 3.41. The summed E-state index contributed by atoms with van der Waals surface area (Å²) in [6, 6.07) is 14.8. The van der Waals surface area contributed by atoms with E-state index in [-0.39, 0.29) is 11.8 Å². The van der Waals surface area contributed by atoms with Gasteiger partial charge < -0.3 is 15.2 Å². The third-order valence-electron chi connectivity index (χ3n) is 4.41. The fourth-order valence-electron chi connectivity index (χ4n) is 2.80. The largest absolute Gasteiger partial charge is 0.352 e. The van der Waals surface area contributed by atoms with Gasteiger partial charge in [0.25, 0.3) is 5.91 Å². The minimum absolute atomic E-state index is 0.0340. The number of carbonyl (C=O) groups excluding carboxylic acids is 2. The van der Waals surface area contributed by atoms with Crippen molar-refractivity contribution in [3.8, 4) is 0 Å². The second kappa shape index (κ2) is 10.4. The predicted molar refractivity (Wildman–Crippen MR) is 113 cm³/mol. The van der Waals surface area contributed by atoms with Gasteiger partial charge in [-0.05, 0) is 41.8 Å². The molecule has 0 aliphatic carbocycles. The first kappa shape index (κ1) is 20.6. The van der Waals surface area contributed by atoms with Gasteiger partial charge in [-0.15, -0.1) is 0 Å². The molecule has 0 bridgehead atoms. The van der Waals surface area contributed by atoms with Gasteiger partial charge in [0.1, 0.15) is 0 Å². The Morgan fingerprint density at radius 3 is 2.38 bits per heavy atom. The standard InChI is InChI=1S/C22H23ClN4O2/c23-20-9-7-19(8-10-20)22(29)25-11-1-2-21(28)26-14-17-3-5-18(6-4-17)15-27-13-12-24-16-27/h3-10,12-13,16H,1-2,11,14-15H2,(H,25,29)(H,26,28). The van der Waals surface area contributed by atoms with Crippen molar-refractivity contribution in [3.05, 3.63) is 89.0 Å². The smallest absolute Gasteiger partial charge is 0.251 e. The molecule has 3 rings (SSSR count). The first-order chi connectivity index (χ1) is 14.1. The Morgan fingerprint density at radius 2 is 1.69 bits per heavy atom. The van der Waals surface area contributed by atoms with Gasteiger partial charge in [0, 0.05) is 49.0 Å². The van der Waals surface area contributed by atoms with Crippen molar-refractivity contribution >= 4 is 23.4 Å². The highest BCUT2D eigenvalue weighted by atomic mass is 35.5. The second-order valence-electron chi connectivity index (χ2n) is 6.69. The van der Waals surface area contributed by atoms with Crippen LogP contribution in [0.2, 0.25) is 5.02 Å². The average Bonchev–Trinajstić information content (AvgIpc) is 3.24. The molecule has 0 saturated heterocycles. The molecule has 3 aromatic rings. The van der Waals surface area contributed by atoms with Crippen LogP contribution in [0.3, 0.4) is 0 Å². The van der Waals surface area contributed by atoms with Crippen LogP contribution in [0.4, 0.5) is 0 Å². The molecule has 0 radical (unpaired) electrons. The maximum atomic E-state index is 12.0. The molecule has 2 amide bonds. The van der Waals surface area contributed by atoms with E-state index in [4.69, 9.17) is 11.6 Å². The molecule has 29 heavy (non-hydrogen) atoms. The molecule has 0 aliphatic heterocycles. The molecule has 6 nitrogen and oxygen atoms in total. The molecule has 0 spiro atoms. The van der Waals surface area contributed by atoms with Crippen molar-refractivity contribution in [3.63, 3.8) is 0 Å². The Morgan fingerprint density at radius 1 is 0.966 bits per heavy atom. The number of aromatic nitrogens is 2. The van der Waals surface area contributed by atoms with Gasteiger partial charge in [0.15, 0.2) is 0 Å². The first-order valence-electron chi connectivity index (χ1n) is 9.44. The van der Waals surface area contributed by atoms with Crippen molar-refractivity contribution in [2.75, 3.05) is 6.54 Å². The number of benzene rings is 2. The highest BCUT2D eigenvalue weighted by molar-refractivity contribution is 6.30. The van der Waals surface area contributed by atoms with Gasteiger partial charge in [-0.25, -0.2) is 4.98 Å². The Kier molecular flexibility index (Phi) is 7.41. The van der Waals surface area contributed by atoms with Crippen LogP contribution in [0.25, 0.3) is 0 Å². The van der Waals surface area contributed by atoms with Gasteiger partial charge in [0.2, 0.25) is 5.91 Å².